The molecule has 88 valence electrons. The minimum absolute atomic E-state index is 0.409. The summed E-state index contributed by atoms with van der Waals surface area (Å²) in [6.45, 7) is 0. The molecule has 6 heteroatoms. The van der Waals surface area contributed by atoms with Gasteiger partial charge in [0.25, 0.3) is 0 Å². The minimum atomic E-state index is -4.89. The summed E-state index contributed by atoms with van der Waals surface area (Å²) < 4.78 is 54.8. The highest BCUT2D eigenvalue weighted by atomic mass is 19.3. The molecule has 0 N–H and O–H groups in total. The Kier molecular flexibility index (Phi) is 3.32. The smallest absolute Gasteiger partial charge is 0.319 e. The monoisotopic (exact) mass is 236 g/mol. The fraction of sp³-hybridized carbons (Fsp3) is 0.300. The Labute approximate surface area is 88.8 Å². The standard InChI is InChI=1S/C10H8F4O2/c1-16-10(13,14)9(11,12)8(15)7-5-3-2-4-6-7/h2-6H,1H3. The molecule has 0 unspecified atom stereocenters. The lowest BCUT2D eigenvalue weighted by molar-refractivity contribution is -0.315. The predicted molar refractivity (Wildman–Crippen MR) is 47.7 cm³/mol. The van der Waals surface area contributed by atoms with E-state index in [-0.39, 0.29) is 0 Å². The summed E-state index contributed by atoms with van der Waals surface area (Å²) in [4.78, 5) is 11.2. The lowest BCUT2D eigenvalue weighted by atomic mass is 10.1. The van der Waals surface area contributed by atoms with Gasteiger partial charge in [0.15, 0.2) is 0 Å². The summed E-state index contributed by atoms with van der Waals surface area (Å²) in [6.07, 6.45) is -4.82. The highest BCUT2D eigenvalue weighted by Crippen LogP contribution is 2.37. The van der Waals surface area contributed by atoms with E-state index in [9.17, 15) is 22.4 Å². The van der Waals surface area contributed by atoms with E-state index in [4.69, 9.17) is 0 Å². The largest absolute Gasteiger partial charge is 0.427 e. The summed E-state index contributed by atoms with van der Waals surface area (Å²) in [5, 5.41) is 0. The van der Waals surface area contributed by atoms with Crippen molar-refractivity contribution in [1.82, 2.24) is 0 Å². The zero-order valence-corrected chi connectivity index (χ0v) is 8.22. The molecule has 0 aliphatic rings. The second-order valence-electron chi connectivity index (χ2n) is 2.99. The van der Waals surface area contributed by atoms with Gasteiger partial charge in [-0.05, 0) is 0 Å². The molecule has 1 aromatic rings. The number of ether oxygens (including phenoxy) is 1. The van der Waals surface area contributed by atoms with Crippen LogP contribution in [0.25, 0.3) is 0 Å². The van der Waals surface area contributed by atoms with Crippen LogP contribution < -0.4 is 0 Å². The van der Waals surface area contributed by atoms with Gasteiger partial charge < -0.3 is 4.74 Å². The minimum Gasteiger partial charge on any atom is -0.319 e. The highest BCUT2D eigenvalue weighted by molar-refractivity contribution is 6.01. The van der Waals surface area contributed by atoms with Crippen LogP contribution in [-0.4, -0.2) is 24.9 Å². The second-order valence-corrected chi connectivity index (χ2v) is 2.99. The maximum atomic E-state index is 13.1. The molecule has 0 bridgehead atoms. The highest BCUT2D eigenvalue weighted by Gasteiger charge is 2.62. The molecular formula is C10H8F4O2. The van der Waals surface area contributed by atoms with Gasteiger partial charge >= 0.3 is 12.0 Å². The van der Waals surface area contributed by atoms with E-state index in [1.165, 1.54) is 18.2 Å². The first-order chi connectivity index (χ1) is 7.33. The first-order valence-electron chi connectivity index (χ1n) is 4.23. The van der Waals surface area contributed by atoms with Crippen molar-refractivity contribution in [3.05, 3.63) is 35.9 Å². The SMILES string of the molecule is COC(F)(F)C(F)(F)C(=O)c1ccccc1. The van der Waals surface area contributed by atoms with Crippen molar-refractivity contribution in [2.45, 2.75) is 12.0 Å². The van der Waals surface area contributed by atoms with Crippen LogP contribution in [0.4, 0.5) is 17.6 Å². The average Bonchev–Trinajstić information content (AvgIpc) is 2.29. The number of hydrogen-bond donors (Lipinski definition) is 0. The lowest BCUT2D eigenvalue weighted by Gasteiger charge is -2.23. The fourth-order valence-corrected chi connectivity index (χ4v) is 1.03. The van der Waals surface area contributed by atoms with E-state index in [0.717, 1.165) is 12.1 Å². The van der Waals surface area contributed by atoms with Gasteiger partial charge in [-0.25, -0.2) is 0 Å². The van der Waals surface area contributed by atoms with Gasteiger partial charge in [0.2, 0.25) is 5.78 Å². The number of alkyl halides is 4. The number of rotatable bonds is 4. The Morgan fingerprint density at radius 1 is 1.12 bits per heavy atom. The first kappa shape index (κ1) is 12.6. The molecule has 0 saturated carbocycles. The molecule has 0 saturated heterocycles. The normalized spacial score (nSPS) is 12.6. The van der Waals surface area contributed by atoms with Crippen LogP contribution in [0.2, 0.25) is 0 Å². The Morgan fingerprint density at radius 3 is 2.06 bits per heavy atom. The number of halogens is 4. The van der Waals surface area contributed by atoms with Gasteiger partial charge in [0, 0.05) is 12.7 Å². The third-order valence-electron chi connectivity index (χ3n) is 1.94. The molecule has 0 aliphatic heterocycles. The molecule has 0 aromatic heterocycles. The number of benzene rings is 1. The van der Waals surface area contributed by atoms with Crippen molar-refractivity contribution >= 4 is 5.78 Å². The van der Waals surface area contributed by atoms with Gasteiger partial charge in [-0.2, -0.15) is 17.6 Å². The van der Waals surface area contributed by atoms with Crippen LogP contribution >= 0.6 is 0 Å². The maximum Gasteiger partial charge on any atom is 0.427 e. The summed E-state index contributed by atoms with van der Waals surface area (Å²) in [7, 11) is 0.409. The second kappa shape index (κ2) is 4.21. The number of methoxy groups -OCH3 is 1. The van der Waals surface area contributed by atoms with Crippen molar-refractivity contribution in [2.24, 2.45) is 0 Å². The van der Waals surface area contributed by atoms with Crippen molar-refractivity contribution in [3.8, 4) is 0 Å². The number of carbonyl (C=O) groups excluding carboxylic acids is 1. The lowest BCUT2D eigenvalue weighted by Crippen LogP contribution is -2.48. The predicted octanol–water partition coefficient (Wildman–Crippen LogP) is 2.74. The molecule has 0 fully saturated rings. The van der Waals surface area contributed by atoms with E-state index in [1.54, 1.807) is 0 Å². The molecule has 0 amide bonds. The molecule has 0 atom stereocenters. The van der Waals surface area contributed by atoms with Gasteiger partial charge in [-0.3, -0.25) is 4.79 Å². The van der Waals surface area contributed by atoms with Crippen LogP contribution in [0, 0.1) is 0 Å². The number of hydrogen-bond acceptors (Lipinski definition) is 2. The van der Waals surface area contributed by atoms with E-state index in [1.807, 2.05) is 0 Å². The number of carbonyl (C=O) groups is 1. The Bertz CT molecular complexity index is 376. The molecular weight excluding hydrogens is 228 g/mol. The quantitative estimate of drug-likeness (QED) is 0.593. The molecule has 0 spiro atoms. The third kappa shape index (κ3) is 2.06. The van der Waals surface area contributed by atoms with Gasteiger partial charge in [-0.15, -0.1) is 0 Å². The van der Waals surface area contributed by atoms with Crippen LogP contribution in [-0.2, 0) is 4.74 Å². The van der Waals surface area contributed by atoms with Crippen LogP contribution in [0.15, 0.2) is 30.3 Å². The first-order valence-corrected chi connectivity index (χ1v) is 4.23. The van der Waals surface area contributed by atoms with Gasteiger partial charge in [0.05, 0.1) is 0 Å². The Hall–Kier alpha value is -1.43. The third-order valence-corrected chi connectivity index (χ3v) is 1.94. The fourth-order valence-electron chi connectivity index (χ4n) is 1.03. The van der Waals surface area contributed by atoms with Crippen molar-refractivity contribution in [1.29, 1.82) is 0 Å². The molecule has 0 heterocycles. The van der Waals surface area contributed by atoms with Crippen molar-refractivity contribution in [3.63, 3.8) is 0 Å². The molecule has 0 radical (unpaired) electrons. The number of Topliss-reactive ketones (excluding diaryl/α,β-unsaturated/α-hetero) is 1. The van der Waals surface area contributed by atoms with Crippen LogP contribution in [0.1, 0.15) is 10.4 Å². The van der Waals surface area contributed by atoms with E-state index >= 15 is 0 Å². The summed E-state index contributed by atoms with van der Waals surface area (Å²) in [6, 6.07) is 6.13. The average molecular weight is 236 g/mol. The van der Waals surface area contributed by atoms with Crippen LogP contribution in [0.3, 0.4) is 0 Å². The molecule has 1 rings (SSSR count). The molecule has 2 nitrogen and oxygen atoms in total. The Morgan fingerprint density at radius 2 is 1.62 bits per heavy atom. The van der Waals surface area contributed by atoms with Crippen molar-refractivity contribution in [2.75, 3.05) is 7.11 Å². The van der Waals surface area contributed by atoms with Crippen molar-refractivity contribution < 1.29 is 27.1 Å². The maximum absolute atomic E-state index is 13.1. The van der Waals surface area contributed by atoms with E-state index < -0.39 is 23.4 Å². The number of ketones is 1. The summed E-state index contributed by atoms with van der Waals surface area (Å²) in [5.74, 6) is -6.86. The Balaban J connectivity index is 3.07. The topological polar surface area (TPSA) is 26.3 Å². The van der Waals surface area contributed by atoms with E-state index in [2.05, 4.69) is 4.74 Å². The molecule has 0 aliphatic carbocycles. The van der Waals surface area contributed by atoms with Gasteiger partial charge in [-0.1, -0.05) is 30.3 Å². The zero-order chi connectivity index (χ0) is 12.4. The molecule has 16 heavy (non-hydrogen) atoms. The van der Waals surface area contributed by atoms with Gasteiger partial charge in [0.1, 0.15) is 0 Å². The molecule has 1 aromatic carbocycles. The summed E-state index contributed by atoms with van der Waals surface area (Å²) >= 11 is 0. The zero-order valence-electron chi connectivity index (χ0n) is 8.22. The van der Waals surface area contributed by atoms with Crippen LogP contribution in [0.5, 0.6) is 0 Å². The van der Waals surface area contributed by atoms with E-state index in [0.29, 0.717) is 7.11 Å². The summed E-state index contributed by atoms with van der Waals surface area (Å²) in [5.41, 5.74) is -0.496.